The summed E-state index contributed by atoms with van der Waals surface area (Å²) in [6.07, 6.45) is 0.832. The molecule has 4 heteroatoms. The van der Waals surface area contributed by atoms with Crippen LogP contribution in [-0.2, 0) is 0 Å². The SMILES string of the molecule is COc1cc(-c2ccccc2C=O)cc(OC)c1OC. The fraction of sp³-hybridized carbons (Fsp3) is 0.188. The molecule has 0 aliphatic rings. The average Bonchev–Trinajstić information content (AvgIpc) is 2.53. The highest BCUT2D eigenvalue weighted by molar-refractivity contribution is 5.88. The highest BCUT2D eigenvalue weighted by Crippen LogP contribution is 2.41. The van der Waals surface area contributed by atoms with Crippen LogP contribution in [0.25, 0.3) is 11.1 Å². The molecule has 0 saturated carbocycles. The second-order valence-electron chi connectivity index (χ2n) is 4.12. The Kier molecular flexibility index (Phi) is 4.25. The lowest BCUT2D eigenvalue weighted by molar-refractivity contribution is 0.112. The molecule has 2 rings (SSSR count). The molecule has 4 nitrogen and oxygen atoms in total. The summed E-state index contributed by atoms with van der Waals surface area (Å²) in [5, 5.41) is 0. The van der Waals surface area contributed by atoms with E-state index < -0.39 is 0 Å². The topological polar surface area (TPSA) is 44.8 Å². The van der Waals surface area contributed by atoms with E-state index in [4.69, 9.17) is 14.2 Å². The maximum Gasteiger partial charge on any atom is 0.203 e. The van der Waals surface area contributed by atoms with Crippen molar-refractivity contribution >= 4 is 6.29 Å². The van der Waals surface area contributed by atoms with Gasteiger partial charge in [-0.15, -0.1) is 0 Å². The minimum absolute atomic E-state index is 0.530. The lowest BCUT2D eigenvalue weighted by Gasteiger charge is -2.14. The van der Waals surface area contributed by atoms with Crippen LogP contribution >= 0.6 is 0 Å². The van der Waals surface area contributed by atoms with Crippen molar-refractivity contribution in [2.24, 2.45) is 0 Å². The van der Waals surface area contributed by atoms with Crippen LogP contribution in [0.15, 0.2) is 36.4 Å². The fourth-order valence-electron chi connectivity index (χ4n) is 2.10. The van der Waals surface area contributed by atoms with Crippen LogP contribution in [-0.4, -0.2) is 27.6 Å². The van der Waals surface area contributed by atoms with E-state index in [-0.39, 0.29) is 0 Å². The molecule has 0 bridgehead atoms. The third-order valence-corrected chi connectivity index (χ3v) is 3.06. The number of ether oxygens (including phenoxy) is 3. The molecular formula is C16H16O4. The summed E-state index contributed by atoms with van der Waals surface area (Å²) in [6, 6.07) is 11.0. The van der Waals surface area contributed by atoms with Crippen molar-refractivity contribution < 1.29 is 19.0 Å². The second-order valence-corrected chi connectivity index (χ2v) is 4.12. The predicted molar refractivity (Wildman–Crippen MR) is 76.9 cm³/mol. The number of benzene rings is 2. The average molecular weight is 272 g/mol. The molecule has 20 heavy (non-hydrogen) atoms. The first kappa shape index (κ1) is 13.9. The van der Waals surface area contributed by atoms with E-state index >= 15 is 0 Å². The number of hydrogen-bond acceptors (Lipinski definition) is 4. The van der Waals surface area contributed by atoms with Gasteiger partial charge in [-0.25, -0.2) is 0 Å². The minimum Gasteiger partial charge on any atom is -0.493 e. The van der Waals surface area contributed by atoms with Gasteiger partial charge < -0.3 is 14.2 Å². The molecule has 0 spiro atoms. The lowest BCUT2D eigenvalue weighted by atomic mass is 9.99. The standard InChI is InChI=1S/C16H16O4/c1-18-14-8-12(9-15(19-2)16(14)20-3)13-7-5-4-6-11(13)10-17/h4-10H,1-3H3. The number of carbonyl (C=O) groups is 1. The van der Waals surface area contributed by atoms with E-state index in [1.165, 1.54) is 0 Å². The van der Waals surface area contributed by atoms with Crippen LogP contribution in [0, 0.1) is 0 Å². The molecule has 0 aromatic heterocycles. The smallest absolute Gasteiger partial charge is 0.203 e. The largest absolute Gasteiger partial charge is 0.493 e. The van der Waals surface area contributed by atoms with Crippen molar-refractivity contribution in [3.63, 3.8) is 0 Å². The predicted octanol–water partition coefficient (Wildman–Crippen LogP) is 3.19. The molecule has 0 aliphatic heterocycles. The number of carbonyl (C=O) groups excluding carboxylic acids is 1. The van der Waals surface area contributed by atoms with Crippen LogP contribution in [0.4, 0.5) is 0 Å². The molecular weight excluding hydrogens is 256 g/mol. The van der Waals surface area contributed by atoms with Gasteiger partial charge in [-0.2, -0.15) is 0 Å². The third kappa shape index (κ3) is 2.45. The molecule has 104 valence electrons. The number of methoxy groups -OCH3 is 3. The van der Waals surface area contributed by atoms with Gasteiger partial charge in [0.15, 0.2) is 17.8 Å². The van der Waals surface area contributed by atoms with Crippen LogP contribution in [0.1, 0.15) is 10.4 Å². The van der Waals surface area contributed by atoms with Crippen molar-refractivity contribution in [1.82, 2.24) is 0 Å². The maximum atomic E-state index is 11.1. The summed E-state index contributed by atoms with van der Waals surface area (Å²) in [5.41, 5.74) is 2.27. The highest BCUT2D eigenvalue weighted by Gasteiger charge is 2.15. The first-order valence-electron chi connectivity index (χ1n) is 6.09. The molecule has 0 saturated heterocycles. The molecule has 0 fully saturated rings. The zero-order valence-electron chi connectivity index (χ0n) is 11.7. The molecule has 0 amide bonds. The van der Waals surface area contributed by atoms with Gasteiger partial charge in [-0.1, -0.05) is 24.3 Å². The zero-order valence-corrected chi connectivity index (χ0v) is 11.7. The summed E-state index contributed by atoms with van der Waals surface area (Å²) in [4.78, 5) is 11.1. The van der Waals surface area contributed by atoms with Crippen LogP contribution in [0.3, 0.4) is 0 Å². The molecule has 0 heterocycles. The van der Waals surface area contributed by atoms with E-state index in [0.29, 0.717) is 22.8 Å². The second kappa shape index (κ2) is 6.10. The van der Waals surface area contributed by atoms with Gasteiger partial charge in [-0.3, -0.25) is 4.79 Å². The van der Waals surface area contributed by atoms with Gasteiger partial charge in [-0.05, 0) is 23.3 Å². The van der Waals surface area contributed by atoms with Crippen molar-refractivity contribution in [2.75, 3.05) is 21.3 Å². The molecule has 0 atom stereocenters. The Bertz CT molecular complexity index is 595. The van der Waals surface area contributed by atoms with Gasteiger partial charge >= 0.3 is 0 Å². The van der Waals surface area contributed by atoms with Crippen molar-refractivity contribution in [2.45, 2.75) is 0 Å². The van der Waals surface area contributed by atoms with Crippen molar-refractivity contribution in [1.29, 1.82) is 0 Å². The fourth-order valence-corrected chi connectivity index (χ4v) is 2.10. The Balaban J connectivity index is 2.66. The van der Waals surface area contributed by atoms with E-state index in [1.807, 2.05) is 30.3 Å². The van der Waals surface area contributed by atoms with Gasteiger partial charge in [0.2, 0.25) is 5.75 Å². The van der Waals surface area contributed by atoms with Crippen molar-refractivity contribution in [3.8, 4) is 28.4 Å². The summed E-state index contributed by atoms with van der Waals surface area (Å²) in [5.74, 6) is 1.65. The highest BCUT2D eigenvalue weighted by atomic mass is 16.5. The normalized spacial score (nSPS) is 9.95. The molecule has 0 N–H and O–H groups in total. The molecule has 2 aromatic rings. The van der Waals surface area contributed by atoms with Gasteiger partial charge in [0.1, 0.15) is 0 Å². The Morgan fingerprint density at radius 2 is 1.50 bits per heavy atom. The molecule has 0 unspecified atom stereocenters. The lowest BCUT2D eigenvalue weighted by Crippen LogP contribution is -1.96. The third-order valence-electron chi connectivity index (χ3n) is 3.06. The maximum absolute atomic E-state index is 11.1. The Labute approximate surface area is 117 Å². The van der Waals surface area contributed by atoms with Gasteiger partial charge in [0.25, 0.3) is 0 Å². The van der Waals surface area contributed by atoms with Crippen LogP contribution in [0.2, 0.25) is 0 Å². The van der Waals surface area contributed by atoms with Crippen LogP contribution < -0.4 is 14.2 Å². The van der Waals surface area contributed by atoms with E-state index in [0.717, 1.165) is 17.4 Å². The summed E-state index contributed by atoms with van der Waals surface area (Å²) >= 11 is 0. The summed E-state index contributed by atoms with van der Waals surface area (Å²) in [7, 11) is 4.68. The van der Waals surface area contributed by atoms with Gasteiger partial charge in [0, 0.05) is 5.56 Å². The van der Waals surface area contributed by atoms with Crippen molar-refractivity contribution in [3.05, 3.63) is 42.0 Å². The minimum atomic E-state index is 0.530. The quantitative estimate of drug-likeness (QED) is 0.784. The number of aldehydes is 1. The van der Waals surface area contributed by atoms with E-state index in [9.17, 15) is 4.79 Å². The molecule has 0 aliphatic carbocycles. The van der Waals surface area contributed by atoms with Crippen LogP contribution in [0.5, 0.6) is 17.2 Å². The number of rotatable bonds is 5. The number of hydrogen-bond donors (Lipinski definition) is 0. The molecule has 2 aromatic carbocycles. The Hall–Kier alpha value is -2.49. The Morgan fingerprint density at radius 3 is 2.00 bits per heavy atom. The summed E-state index contributed by atoms with van der Waals surface area (Å²) in [6.45, 7) is 0. The summed E-state index contributed by atoms with van der Waals surface area (Å²) < 4.78 is 15.9. The Morgan fingerprint density at radius 1 is 0.900 bits per heavy atom. The van der Waals surface area contributed by atoms with Gasteiger partial charge in [0.05, 0.1) is 21.3 Å². The van der Waals surface area contributed by atoms with E-state index in [2.05, 4.69) is 0 Å². The first-order valence-corrected chi connectivity index (χ1v) is 6.09. The first-order chi connectivity index (χ1) is 9.74. The van der Waals surface area contributed by atoms with E-state index in [1.54, 1.807) is 27.4 Å². The monoisotopic (exact) mass is 272 g/mol. The zero-order chi connectivity index (χ0) is 14.5. The molecule has 0 radical (unpaired) electrons.